The van der Waals surface area contributed by atoms with Crippen LogP contribution in [-0.2, 0) is 4.79 Å². The van der Waals surface area contributed by atoms with Gasteiger partial charge in [-0.25, -0.2) is 9.97 Å². The third-order valence-electron chi connectivity index (χ3n) is 4.78. The molecule has 0 spiro atoms. The maximum atomic E-state index is 12.7. The molecule has 0 bridgehead atoms. The lowest BCUT2D eigenvalue weighted by Gasteiger charge is -2.31. The number of nitrogens with zero attached hydrogens (tertiary/aromatic N) is 4. The van der Waals surface area contributed by atoms with Crippen LogP contribution in [0.1, 0.15) is 41.7 Å². The average molecular weight is 317 g/mol. The van der Waals surface area contributed by atoms with E-state index in [0.717, 1.165) is 32.2 Å². The van der Waals surface area contributed by atoms with Crippen LogP contribution < -0.4 is 5.73 Å². The number of hydrogen-bond acceptors (Lipinski definition) is 5. The molecule has 124 valence electrons. The quantitative estimate of drug-likeness (QED) is 0.872. The van der Waals surface area contributed by atoms with Gasteiger partial charge in [0.05, 0.1) is 11.3 Å². The van der Waals surface area contributed by atoms with E-state index < -0.39 is 0 Å². The number of aromatic nitrogens is 2. The molecule has 1 aromatic heterocycles. The van der Waals surface area contributed by atoms with Crippen LogP contribution in [0.3, 0.4) is 0 Å². The van der Waals surface area contributed by atoms with Crippen LogP contribution in [0.25, 0.3) is 0 Å². The third-order valence-corrected chi connectivity index (χ3v) is 4.78. The van der Waals surface area contributed by atoms with E-state index >= 15 is 0 Å². The van der Waals surface area contributed by atoms with Crippen LogP contribution in [0, 0.1) is 12.8 Å². The zero-order chi connectivity index (χ0) is 16.4. The first kappa shape index (κ1) is 15.7. The molecular formula is C16H23N5O2. The molecule has 0 unspecified atom stereocenters. The fourth-order valence-corrected chi connectivity index (χ4v) is 3.12. The zero-order valence-corrected chi connectivity index (χ0v) is 13.5. The van der Waals surface area contributed by atoms with Crippen molar-refractivity contribution in [2.45, 2.75) is 32.6 Å². The Labute approximate surface area is 135 Å². The zero-order valence-electron chi connectivity index (χ0n) is 13.5. The summed E-state index contributed by atoms with van der Waals surface area (Å²) in [5.41, 5.74) is 6.61. The van der Waals surface area contributed by atoms with Gasteiger partial charge in [0.15, 0.2) is 0 Å². The van der Waals surface area contributed by atoms with E-state index in [1.807, 2.05) is 4.90 Å². The molecule has 3 rings (SSSR count). The van der Waals surface area contributed by atoms with Gasteiger partial charge in [-0.1, -0.05) is 6.42 Å². The van der Waals surface area contributed by atoms with Crippen molar-refractivity contribution in [1.82, 2.24) is 19.8 Å². The Balaban J connectivity index is 1.65. The molecular weight excluding hydrogens is 294 g/mol. The summed E-state index contributed by atoms with van der Waals surface area (Å²) in [6.07, 6.45) is 5.48. The normalized spacial score (nSPS) is 19.2. The van der Waals surface area contributed by atoms with Gasteiger partial charge in [-0.3, -0.25) is 9.59 Å². The predicted molar refractivity (Wildman–Crippen MR) is 85.6 cm³/mol. The summed E-state index contributed by atoms with van der Waals surface area (Å²) in [4.78, 5) is 36.7. The van der Waals surface area contributed by atoms with Gasteiger partial charge >= 0.3 is 0 Å². The molecule has 0 atom stereocenters. The van der Waals surface area contributed by atoms with Crippen molar-refractivity contribution in [1.29, 1.82) is 0 Å². The molecule has 23 heavy (non-hydrogen) atoms. The predicted octanol–water partition coefficient (Wildman–Crippen LogP) is 0.842. The molecule has 7 heteroatoms. The van der Waals surface area contributed by atoms with Crippen molar-refractivity contribution in [3.05, 3.63) is 17.5 Å². The molecule has 2 heterocycles. The first-order valence-electron chi connectivity index (χ1n) is 8.23. The topological polar surface area (TPSA) is 92.4 Å². The minimum absolute atomic E-state index is 0.0829. The molecule has 1 aliphatic heterocycles. The summed E-state index contributed by atoms with van der Waals surface area (Å²) in [6.45, 7) is 4.31. The van der Waals surface area contributed by atoms with Gasteiger partial charge in [-0.2, -0.15) is 0 Å². The molecule has 0 aromatic carbocycles. The van der Waals surface area contributed by atoms with Gasteiger partial charge in [0, 0.05) is 38.3 Å². The van der Waals surface area contributed by atoms with Gasteiger partial charge < -0.3 is 15.5 Å². The largest absolute Gasteiger partial charge is 0.368 e. The van der Waals surface area contributed by atoms with Crippen LogP contribution in [0.2, 0.25) is 0 Å². The molecule has 2 aliphatic rings. The summed E-state index contributed by atoms with van der Waals surface area (Å²) in [5.74, 6) is 0.565. The number of amides is 2. The Morgan fingerprint density at radius 2 is 1.83 bits per heavy atom. The fourth-order valence-electron chi connectivity index (χ4n) is 3.12. The fraction of sp³-hybridized carbons (Fsp3) is 0.625. The number of rotatable bonds is 2. The molecule has 0 radical (unpaired) electrons. The summed E-state index contributed by atoms with van der Waals surface area (Å²) < 4.78 is 0. The Hall–Kier alpha value is -2.18. The highest BCUT2D eigenvalue weighted by Crippen LogP contribution is 2.28. The van der Waals surface area contributed by atoms with E-state index in [-0.39, 0.29) is 23.7 Å². The number of carbonyl (C=O) groups excluding carboxylic acids is 2. The van der Waals surface area contributed by atoms with Crippen LogP contribution >= 0.6 is 0 Å². The van der Waals surface area contributed by atoms with Crippen molar-refractivity contribution in [2.75, 3.05) is 31.9 Å². The third kappa shape index (κ3) is 3.28. The van der Waals surface area contributed by atoms with Gasteiger partial charge in [0.25, 0.3) is 5.91 Å². The molecule has 2 N–H and O–H groups in total. The number of anilines is 1. The lowest BCUT2D eigenvalue weighted by molar-refractivity contribution is -0.138. The molecule has 2 fully saturated rings. The lowest BCUT2D eigenvalue weighted by atomic mass is 9.84. The second-order valence-corrected chi connectivity index (χ2v) is 6.33. The van der Waals surface area contributed by atoms with Crippen molar-refractivity contribution >= 4 is 17.8 Å². The Morgan fingerprint density at radius 3 is 2.48 bits per heavy atom. The van der Waals surface area contributed by atoms with Crippen LogP contribution in [0.4, 0.5) is 5.95 Å². The first-order valence-corrected chi connectivity index (χ1v) is 8.23. The minimum Gasteiger partial charge on any atom is -0.368 e. The highest BCUT2D eigenvalue weighted by Gasteiger charge is 2.31. The van der Waals surface area contributed by atoms with Crippen LogP contribution in [0.15, 0.2) is 6.20 Å². The van der Waals surface area contributed by atoms with Gasteiger partial charge in [0.2, 0.25) is 11.9 Å². The average Bonchev–Trinajstić information content (AvgIpc) is 2.70. The SMILES string of the molecule is Cc1nc(N)ncc1C(=O)N1CCCN(C(=O)C2CCC2)CC1. The lowest BCUT2D eigenvalue weighted by Crippen LogP contribution is -2.41. The molecule has 1 saturated heterocycles. The minimum atomic E-state index is -0.0829. The smallest absolute Gasteiger partial charge is 0.257 e. The molecule has 1 aliphatic carbocycles. The van der Waals surface area contributed by atoms with Gasteiger partial charge in [0.1, 0.15) is 0 Å². The van der Waals surface area contributed by atoms with E-state index in [1.54, 1.807) is 11.8 Å². The van der Waals surface area contributed by atoms with Crippen LogP contribution in [-0.4, -0.2) is 57.8 Å². The Kier molecular flexibility index (Phi) is 4.45. The number of nitrogens with two attached hydrogens (primary N) is 1. The summed E-state index contributed by atoms with van der Waals surface area (Å²) in [7, 11) is 0. The van der Waals surface area contributed by atoms with E-state index in [4.69, 9.17) is 5.73 Å². The second-order valence-electron chi connectivity index (χ2n) is 6.33. The van der Waals surface area contributed by atoms with Crippen molar-refractivity contribution < 1.29 is 9.59 Å². The molecule has 2 amide bonds. The number of hydrogen-bond donors (Lipinski definition) is 1. The molecule has 7 nitrogen and oxygen atoms in total. The summed E-state index contributed by atoms with van der Waals surface area (Å²) >= 11 is 0. The maximum absolute atomic E-state index is 12.7. The van der Waals surface area contributed by atoms with Gasteiger partial charge in [-0.15, -0.1) is 0 Å². The maximum Gasteiger partial charge on any atom is 0.257 e. The van der Waals surface area contributed by atoms with Crippen molar-refractivity contribution in [3.8, 4) is 0 Å². The Morgan fingerprint density at radius 1 is 1.13 bits per heavy atom. The summed E-state index contributed by atoms with van der Waals surface area (Å²) in [5, 5.41) is 0. The van der Waals surface area contributed by atoms with Crippen LogP contribution in [0.5, 0.6) is 0 Å². The number of nitrogen functional groups attached to an aromatic ring is 1. The Bertz CT molecular complexity index is 614. The second kappa shape index (κ2) is 6.52. The van der Waals surface area contributed by atoms with Gasteiger partial charge in [-0.05, 0) is 26.2 Å². The van der Waals surface area contributed by atoms with Crippen molar-refractivity contribution in [3.63, 3.8) is 0 Å². The van der Waals surface area contributed by atoms with E-state index in [9.17, 15) is 9.59 Å². The van der Waals surface area contributed by atoms with E-state index in [2.05, 4.69) is 9.97 Å². The van der Waals surface area contributed by atoms with E-state index in [1.165, 1.54) is 6.20 Å². The van der Waals surface area contributed by atoms with E-state index in [0.29, 0.717) is 30.9 Å². The highest BCUT2D eigenvalue weighted by atomic mass is 16.2. The highest BCUT2D eigenvalue weighted by molar-refractivity contribution is 5.95. The van der Waals surface area contributed by atoms with Crippen molar-refractivity contribution in [2.24, 2.45) is 5.92 Å². The standard InChI is InChI=1S/C16H23N5O2/c1-11-13(10-18-16(17)19-11)15(23)21-7-3-6-20(8-9-21)14(22)12-4-2-5-12/h10,12H,2-9H2,1H3,(H2,17,18,19). The molecule has 1 saturated carbocycles. The summed E-state index contributed by atoms with van der Waals surface area (Å²) in [6, 6.07) is 0. The number of aryl methyl sites for hydroxylation is 1. The molecule has 1 aromatic rings. The monoisotopic (exact) mass is 317 g/mol. The first-order chi connectivity index (χ1) is 11.1. The number of carbonyl (C=O) groups is 2.